The molecule has 31 heavy (non-hydrogen) atoms. The molecule has 4 heterocycles. The van der Waals surface area contributed by atoms with Crippen molar-refractivity contribution >= 4 is 33.8 Å². The molecule has 0 saturated carbocycles. The Morgan fingerprint density at radius 1 is 1.16 bits per heavy atom. The Kier molecular flexibility index (Phi) is 5.11. The number of hydrogen-bond acceptors (Lipinski definition) is 6. The van der Waals surface area contributed by atoms with Crippen LogP contribution >= 0.6 is 11.3 Å². The maximum atomic E-state index is 13.4. The summed E-state index contributed by atoms with van der Waals surface area (Å²) in [5.41, 5.74) is 10.4. The number of piperidine rings is 1. The molecule has 4 aromatic rings. The second-order valence-electron chi connectivity index (χ2n) is 7.89. The number of amides is 1. The van der Waals surface area contributed by atoms with E-state index in [1.165, 1.54) is 11.3 Å². The number of nitrogens with two attached hydrogens (primary N) is 1. The molecule has 0 aliphatic carbocycles. The number of fused-ring (bicyclic) bond motifs is 1. The topological polar surface area (TPSA) is 85.0 Å². The monoisotopic (exact) mass is 429 g/mol. The number of aromatic nitrogens is 3. The van der Waals surface area contributed by atoms with Gasteiger partial charge in [-0.15, -0.1) is 11.3 Å². The van der Waals surface area contributed by atoms with Crippen LogP contribution in [-0.4, -0.2) is 38.8 Å². The first-order chi connectivity index (χ1) is 15.1. The zero-order chi connectivity index (χ0) is 21.4. The third-order valence-electron chi connectivity index (χ3n) is 5.75. The van der Waals surface area contributed by atoms with E-state index in [-0.39, 0.29) is 11.8 Å². The SMILES string of the molecule is Cc1nc(-c2ccccn2)sc1C(=O)N1CCC[C@H](c2nc3ccccc3cc2N)C1. The van der Waals surface area contributed by atoms with Gasteiger partial charge >= 0.3 is 0 Å². The molecule has 5 rings (SSSR count). The lowest BCUT2D eigenvalue weighted by atomic mass is 9.92. The molecule has 0 radical (unpaired) electrons. The van der Waals surface area contributed by atoms with Crippen LogP contribution in [0.3, 0.4) is 0 Å². The van der Waals surface area contributed by atoms with E-state index in [0.717, 1.165) is 52.4 Å². The number of nitrogen functional groups attached to an aromatic ring is 1. The summed E-state index contributed by atoms with van der Waals surface area (Å²) in [6, 6.07) is 15.7. The maximum absolute atomic E-state index is 13.4. The molecule has 1 aliphatic heterocycles. The van der Waals surface area contributed by atoms with Gasteiger partial charge in [-0.05, 0) is 44.0 Å². The minimum Gasteiger partial charge on any atom is -0.397 e. The van der Waals surface area contributed by atoms with Gasteiger partial charge in [0, 0.05) is 30.6 Å². The zero-order valence-corrected chi connectivity index (χ0v) is 18.1. The number of nitrogens with zero attached hydrogens (tertiary/aromatic N) is 4. The summed E-state index contributed by atoms with van der Waals surface area (Å²) in [5, 5.41) is 1.81. The highest BCUT2D eigenvalue weighted by atomic mass is 32.1. The Hall–Kier alpha value is -3.32. The van der Waals surface area contributed by atoms with E-state index >= 15 is 0 Å². The number of carbonyl (C=O) groups is 1. The summed E-state index contributed by atoms with van der Waals surface area (Å²) in [5.74, 6) is 0.159. The number of anilines is 1. The molecule has 7 heteroatoms. The Morgan fingerprint density at radius 2 is 2.00 bits per heavy atom. The van der Waals surface area contributed by atoms with Crippen molar-refractivity contribution in [2.75, 3.05) is 18.8 Å². The van der Waals surface area contributed by atoms with Crippen LogP contribution in [0.5, 0.6) is 0 Å². The summed E-state index contributed by atoms with van der Waals surface area (Å²) < 4.78 is 0. The number of likely N-dealkylation sites (tertiary alicyclic amines) is 1. The molecule has 0 bridgehead atoms. The molecule has 0 spiro atoms. The summed E-state index contributed by atoms with van der Waals surface area (Å²) in [6.45, 7) is 3.24. The second-order valence-corrected chi connectivity index (χ2v) is 8.89. The Bertz CT molecular complexity index is 1250. The van der Waals surface area contributed by atoms with Gasteiger partial charge in [0.25, 0.3) is 5.91 Å². The number of pyridine rings is 2. The fourth-order valence-electron chi connectivity index (χ4n) is 4.20. The molecule has 156 valence electrons. The predicted molar refractivity (Wildman–Crippen MR) is 124 cm³/mol. The molecule has 1 saturated heterocycles. The molecular formula is C24H23N5OS. The van der Waals surface area contributed by atoms with Crippen molar-refractivity contribution in [3.05, 3.63) is 71.0 Å². The van der Waals surface area contributed by atoms with Crippen LogP contribution in [0.15, 0.2) is 54.7 Å². The van der Waals surface area contributed by atoms with Crippen molar-refractivity contribution in [1.82, 2.24) is 19.9 Å². The van der Waals surface area contributed by atoms with E-state index in [1.54, 1.807) is 6.20 Å². The minimum absolute atomic E-state index is 0.0289. The van der Waals surface area contributed by atoms with E-state index in [4.69, 9.17) is 10.7 Å². The lowest BCUT2D eigenvalue weighted by Gasteiger charge is -2.33. The Balaban J connectivity index is 1.40. The minimum atomic E-state index is 0.0289. The Morgan fingerprint density at radius 3 is 2.84 bits per heavy atom. The molecule has 1 amide bonds. The van der Waals surface area contributed by atoms with E-state index in [9.17, 15) is 4.79 Å². The first-order valence-corrected chi connectivity index (χ1v) is 11.2. The van der Waals surface area contributed by atoms with Crippen LogP contribution in [0.2, 0.25) is 0 Å². The van der Waals surface area contributed by atoms with Gasteiger partial charge in [0.05, 0.1) is 28.3 Å². The van der Waals surface area contributed by atoms with Crippen LogP contribution in [0.25, 0.3) is 21.6 Å². The van der Waals surface area contributed by atoms with Crippen molar-refractivity contribution < 1.29 is 4.79 Å². The number of hydrogen-bond donors (Lipinski definition) is 1. The fourth-order valence-corrected chi connectivity index (χ4v) is 5.21. The number of rotatable bonds is 3. The lowest BCUT2D eigenvalue weighted by molar-refractivity contribution is 0.0710. The van der Waals surface area contributed by atoms with Crippen LogP contribution in [-0.2, 0) is 0 Å². The molecular weight excluding hydrogens is 406 g/mol. The van der Waals surface area contributed by atoms with Crippen molar-refractivity contribution in [2.45, 2.75) is 25.7 Å². The average Bonchev–Trinajstić information content (AvgIpc) is 3.20. The maximum Gasteiger partial charge on any atom is 0.265 e. The lowest BCUT2D eigenvalue weighted by Crippen LogP contribution is -2.39. The highest BCUT2D eigenvalue weighted by Crippen LogP contribution is 2.33. The third kappa shape index (κ3) is 3.77. The molecule has 1 fully saturated rings. The normalized spacial score (nSPS) is 16.5. The first kappa shape index (κ1) is 19.6. The predicted octanol–water partition coefficient (Wildman–Crippen LogP) is 4.66. The number of carbonyl (C=O) groups excluding carboxylic acids is 1. The van der Waals surface area contributed by atoms with Crippen molar-refractivity contribution in [1.29, 1.82) is 0 Å². The summed E-state index contributed by atoms with van der Waals surface area (Å²) in [4.78, 5) is 29.8. The molecule has 2 N–H and O–H groups in total. The van der Waals surface area contributed by atoms with Gasteiger partial charge in [0.2, 0.25) is 0 Å². The van der Waals surface area contributed by atoms with Gasteiger partial charge in [-0.2, -0.15) is 0 Å². The van der Waals surface area contributed by atoms with Gasteiger partial charge in [0.1, 0.15) is 9.88 Å². The van der Waals surface area contributed by atoms with Crippen LogP contribution in [0.4, 0.5) is 5.69 Å². The van der Waals surface area contributed by atoms with Crippen molar-refractivity contribution in [3.63, 3.8) is 0 Å². The molecule has 1 atom stereocenters. The van der Waals surface area contributed by atoms with Gasteiger partial charge < -0.3 is 10.6 Å². The van der Waals surface area contributed by atoms with E-state index in [1.807, 2.05) is 60.4 Å². The molecule has 1 aromatic carbocycles. The Labute approximate surface area is 184 Å². The van der Waals surface area contributed by atoms with Crippen molar-refractivity contribution in [2.24, 2.45) is 0 Å². The molecule has 6 nitrogen and oxygen atoms in total. The molecule has 1 aliphatic rings. The largest absolute Gasteiger partial charge is 0.397 e. The van der Waals surface area contributed by atoms with Gasteiger partial charge in [-0.25, -0.2) is 4.98 Å². The molecule has 0 unspecified atom stereocenters. The van der Waals surface area contributed by atoms with E-state index in [2.05, 4.69) is 9.97 Å². The second kappa shape index (κ2) is 8.07. The zero-order valence-electron chi connectivity index (χ0n) is 17.3. The molecule has 3 aromatic heterocycles. The number of aryl methyl sites for hydroxylation is 1. The van der Waals surface area contributed by atoms with Crippen molar-refractivity contribution in [3.8, 4) is 10.7 Å². The number of thiazole rings is 1. The van der Waals surface area contributed by atoms with E-state index < -0.39 is 0 Å². The van der Waals surface area contributed by atoms with Crippen LogP contribution in [0.1, 0.15) is 39.8 Å². The van der Waals surface area contributed by atoms with E-state index in [0.29, 0.717) is 17.1 Å². The smallest absolute Gasteiger partial charge is 0.265 e. The highest BCUT2D eigenvalue weighted by molar-refractivity contribution is 7.17. The quantitative estimate of drug-likeness (QED) is 0.512. The highest BCUT2D eigenvalue weighted by Gasteiger charge is 2.30. The van der Waals surface area contributed by atoms with Gasteiger partial charge in [0.15, 0.2) is 0 Å². The summed E-state index contributed by atoms with van der Waals surface area (Å²) >= 11 is 1.41. The number of benzene rings is 1. The van der Waals surface area contributed by atoms with Gasteiger partial charge in [-0.3, -0.25) is 14.8 Å². The average molecular weight is 430 g/mol. The summed E-state index contributed by atoms with van der Waals surface area (Å²) in [7, 11) is 0. The third-order valence-corrected chi connectivity index (χ3v) is 6.92. The standard InChI is InChI=1S/C24H23N5OS/c1-15-22(31-23(27-15)20-10-4-5-11-26-20)24(30)29-12-6-8-17(14-29)21-18(25)13-16-7-2-3-9-19(16)28-21/h2-5,7,9-11,13,17H,6,8,12,14,25H2,1H3/t17-/m0/s1. The fraction of sp³-hybridized carbons (Fsp3) is 0.250. The van der Waals surface area contributed by atoms with Crippen LogP contribution < -0.4 is 5.73 Å². The number of para-hydroxylation sites is 1. The van der Waals surface area contributed by atoms with Gasteiger partial charge in [-0.1, -0.05) is 24.3 Å². The first-order valence-electron chi connectivity index (χ1n) is 10.4. The van der Waals surface area contributed by atoms with Crippen LogP contribution in [0, 0.1) is 6.92 Å². The summed E-state index contributed by atoms with van der Waals surface area (Å²) in [6.07, 6.45) is 3.64.